The monoisotopic (exact) mass is 372 g/mol. The molecule has 112 valence electrons. The number of aryl methyl sites for hydroxylation is 2. The number of amides is 1. The van der Waals surface area contributed by atoms with Crippen molar-refractivity contribution in [3.8, 4) is 0 Å². The smallest absolute Gasteiger partial charge is 0.273 e. The van der Waals surface area contributed by atoms with E-state index in [0.29, 0.717) is 21.4 Å². The molecule has 0 unspecified atom stereocenters. The Labute approximate surface area is 130 Å². The van der Waals surface area contributed by atoms with Crippen LogP contribution in [0.2, 0.25) is 0 Å². The summed E-state index contributed by atoms with van der Waals surface area (Å²) in [5, 5.41) is 7.82. The largest absolute Gasteiger partial charge is 0.330 e. The Bertz CT molecular complexity index is 814. The van der Waals surface area contributed by atoms with E-state index in [4.69, 9.17) is 5.14 Å². The van der Waals surface area contributed by atoms with Crippen LogP contribution in [0.15, 0.2) is 34.0 Å². The number of hydrogen-bond donors (Lipinski definition) is 2. The summed E-state index contributed by atoms with van der Waals surface area (Å²) in [6.45, 7) is 1.60. The molecule has 2 aromatic rings. The maximum absolute atomic E-state index is 12.1. The van der Waals surface area contributed by atoms with Gasteiger partial charge in [-0.25, -0.2) is 18.5 Å². The molecule has 0 saturated heterocycles. The summed E-state index contributed by atoms with van der Waals surface area (Å²) in [6, 6.07) is 2.90. The number of imidazole rings is 1. The maximum atomic E-state index is 12.1. The summed E-state index contributed by atoms with van der Waals surface area (Å²) >= 11 is 3.23. The van der Waals surface area contributed by atoms with Crippen molar-refractivity contribution in [3.63, 3.8) is 0 Å². The molecule has 7 nitrogen and oxygen atoms in total. The van der Waals surface area contributed by atoms with Crippen LogP contribution in [0.25, 0.3) is 0 Å². The Morgan fingerprint density at radius 1 is 1.43 bits per heavy atom. The van der Waals surface area contributed by atoms with Crippen molar-refractivity contribution in [1.82, 2.24) is 9.55 Å². The molecule has 2 rings (SSSR count). The number of hydrogen-bond acceptors (Lipinski definition) is 4. The number of benzene rings is 1. The highest BCUT2D eigenvalue weighted by molar-refractivity contribution is 9.10. The molecule has 0 fully saturated rings. The highest BCUT2D eigenvalue weighted by Crippen LogP contribution is 2.28. The van der Waals surface area contributed by atoms with Crippen LogP contribution >= 0.6 is 15.9 Å². The van der Waals surface area contributed by atoms with Gasteiger partial charge in [-0.1, -0.05) is 0 Å². The number of nitrogens with two attached hydrogens (primary N) is 1. The Morgan fingerprint density at radius 3 is 2.62 bits per heavy atom. The molecule has 0 saturated carbocycles. The average Bonchev–Trinajstić information content (AvgIpc) is 2.78. The first-order valence-corrected chi connectivity index (χ1v) is 8.14. The van der Waals surface area contributed by atoms with Crippen molar-refractivity contribution in [1.29, 1.82) is 0 Å². The van der Waals surface area contributed by atoms with Crippen LogP contribution in [-0.2, 0) is 17.1 Å². The second-order valence-electron chi connectivity index (χ2n) is 4.49. The average molecular weight is 373 g/mol. The van der Waals surface area contributed by atoms with Crippen LogP contribution in [0.3, 0.4) is 0 Å². The van der Waals surface area contributed by atoms with Gasteiger partial charge < -0.3 is 9.88 Å². The van der Waals surface area contributed by atoms with Gasteiger partial charge in [0.15, 0.2) is 0 Å². The third-order valence-corrected chi connectivity index (χ3v) is 4.58. The minimum Gasteiger partial charge on any atom is -0.330 e. The van der Waals surface area contributed by atoms with Gasteiger partial charge in [0.05, 0.1) is 23.1 Å². The molecule has 0 bridgehead atoms. The van der Waals surface area contributed by atoms with Crippen LogP contribution in [-0.4, -0.2) is 23.9 Å². The molecule has 0 aliphatic heterocycles. The highest BCUT2D eigenvalue weighted by Gasteiger charge is 2.17. The number of anilines is 1. The number of nitrogens with zero attached hydrogens (tertiary/aromatic N) is 2. The van der Waals surface area contributed by atoms with E-state index in [2.05, 4.69) is 26.2 Å². The van der Waals surface area contributed by atoms with E-state index in [9.17, 15) is 13.2 Å². The Kier molecular flexibility index (Phi) is 4.17. The number of carbonyl (C=O) groups is 1. The van der Waals surface area contributed by atoms with Crippen molar-refractivity contribution < 1.29 is 13.2 Å². The number of sulfonamides is 1. The number of halogens is 1. The molecule has 21 heavy (non-hydrogen) atoms. The molecule has 1 heterocycles. The predicted molar refractivity (Wildman–Crippen MR) is 81.4 cm³/mol. The molecule has 0 atom stereocenters. The van der Waals surface area contributed by atoms with Gasteiger partial charge in [-0.15, -0.1) is 0 Å². The maximum Gasteiger partial charge on any atom is 0.273 e. The minimum atomic E-state index is -3.81. The van der Waals surface area contributed by atoms with Crippen molar-refractivity contribution in [2.75, 3.05) is 5.32 Å². The number of nitrogens with one attached hydrogen (secondary N) is 1. The molecule has 0 aliphatic rings. The van der Waals surface area contributed by atoms with Gasteiger partial charge in [0, 0.05) is 11.5 Å². The van der Waals surface area contributed by atoms with Gasteiger partial charge in [0.2, 0.25) is 10.0 Å². The van der Waals surface area contributed by atoms with E-state index in [1.54, 1.807) is 18.5 Å². The van der Waals surface area contributed by atoms with Gasteiger partial charge in [-0.2, -0.15) is 0 Å². The fourth-order valence-corrected chi connectivity index (χ4v) is 3.21. The van der Waals surface area contributed by atoms with Gasteiger partial charge >= 0.3 is 0 Å². The minimum absolute atomic E-state index is 0.00732. The summed E-state index contributed by atoms with van der Waals surface area (Å²) in [6.07, 6.45) is 2.95. The fourth-order valence-electron chi connectivity index (χ4n) is 1.83. The topological polar surface area (TPSA) is 107 Å². The zero-order chi connectivity index (χ0) is 15.8. The van der Waals surface area contributed by atoms with E-state index in [1.807, 2.05) is 0 Å². The van der Waals surface area contributed by atoms with Gasteiger partial charge in [0.25, 0.3) is 5.91 Å². The highest BCUT2D eigenvalue weighted by atomic mass is 79.9. The molecule has 3 N–H and O–H groups in total. The van der Waals surface area contributed by atoms with Crippen LogP contribution in [0.5, 0.6) is 0 Å². The lowest BCUT2D eigenvalue weighted by atomic mass is 10.2. The Morgan fingerprint density at radius 2 is 2.10 bits per heavy atom. The molecule has 0 aliphatic carbocycles. The van der Waals surface area contributed by atoms with Gasteiger partial charge in [-0.3, -0.25) is 4.79 Å². The van der Waals surface area contributed by atoms with Crippen molar-refractivity contribution >= 4 is 37.5 Å². The molecule has 1 amide bonds. The standard InChI is InChI=1S/C12H13BrN4O3S/c1-7-3-9(8(13)4-11(7)21(14,19)20)16-12(18)10-5-15-6-17(10)2/h3-6H,1-2H3,(H,16,18)(H2,14,19,20). The quantitative estimate of drug-likeness (QED) is 0.848. The van der Waals surface area contributed by atoms with Gasteiger partial charge in [0.1, 0.15) is 5.69 Å². The summed E-state index contributed by atoms with van der Waals surface area (Å²) < 4.78 is 24.9. The van der Waals surface area contributed by atoms with E-state index >= 15 is 0 Å². The third-order valence-electron chi connectivity index (χ3n) is 2.87. The van der Waals surface area contributed by atoms with E-state index in [0.717, 1.165) is 0 Å². The second-order valence-corrected chi connectivity index (χ2v) is 6.87. The molecule has 1 aromatic heterocycles. The third kappa shape index (κ3) is 3.31. The van der Waals surface area contributed by atoms with Crippen LogP contribution in [0, 0.1) is 6.92 Å². The lowest BCUT2D eigenvalue weighted by Gasteiger charge is -2.11. The van der Waals surface area contributed by atoms with Crippen molar-refractivity contribution in [2.45, 2.75) is 11.8 Å². The van der Waals surface area contributed by atoms with E-state index < -0.39 is 10.0 Å². The summed E-state index contributed by atoms with van der Waals surface area (Å²) in [5.74, 6) is -0.349. The zero-order valence-electron chi connectivity index (χ0n) is 11.3. The van der Waals surface area contributed by atoms with E-state index in [-0.39, 0.29) is 10.8 Å². The van der Waals surface area contributed by atoms with Gasteiger partial charge in [-0.05, 0) is 40.5 Å². The van der Waals surface area contributed by atoms with Crippen LogP contribution in [0.1, 0.15) is 16.1 Å². The lowest BCUT2D eigenvalue weighted by Crippen LogP contribution is -2.17. The van der Waals surface area contributed by atoms with Crippen molar-refractivity contribution in [2.24, 2.45) is 12.2 Å². The second kappa shape index (κ2) is 5.58. The number of rotatable bonds is 3. The molecule has 1 aromatic carbocycles. The first-order valence-electron chi connectivity index (χ1n) is 5.81. The predicted octanol–water partition coefficient (Wildman–Crippen LogP) is 1.39. The van der Waals surface area contributed by atoms with Crippen molar-refractivity contribution in [3.05, 3.63) is 40.4 Å². The lowest BCUT2D eigenvalue weighted by molar-refractivity contribution is 0.101. The first-order chi connectivity index (χ1) is 9.70. The van der Waals surface area contributed by atoms with Crippen LogP contribution in [0.4, 0.5) is 5.69 Å². The molecule has 0 spiro atoms. The van der Waals surface area contributed by atoms with E-state index in [1.165, 1.54) is 24.7 Å². The number of carbonyl (C=O) groups excluding carboxylic acids is 1. The summed E-state index contributed by atoms with van der Waals surface area (Å²) in [4.78, 5) is 16.0. The summed E-state index contributed by atoms with van der Waals surface area (Å²) in [5.41, 5.74) is 1.28. The zero-order valence-corrected chi connectivity index (χ0v) is 13.7. The fraction of sp³-hybridized carbons (Fsp3) is 0.167. The van der Waals surface area contributed by atoms with Crippen LogP contribution < -0.4 is 10.5 Å². The molecule has 0 radical (unpaired) electrons. The summed E-state index contributed by atoms with van der Waals surface area (Å²) in [7, 11) is -2.11. The number of primary sulfonamides is 1. The normalized spacial score (nSPS) is 11.4. The Balaban J connectivity index is 2.37. The number of aromatic nitrogens is 2. The first kappa shape index (κ1) is 15.7. The Hall–Kier alpha value is -1.71. The molecule has 9 heteroatoms. The SMILES string of the molecule is Cc1cc(NC(=O)c2cncn2C)c(Br)cc1S(N)(=O)=O. The molecular formula is C12H13BrN4O3S. The molecular weight excluding hydrogens is 360 g/mol.